The van der Waals surface area contributed by atoms with Gasteiger partial charge in [-0.2, -0.15) is 13.2 Å². The van der Waals surface area contributed by atoms with Gasteiger partial charge in [0.25, 0.3) is 0 Å². The molecule has 0 radical (unpaired) electrons. The summed E-state index contributed by atoms with van der Waals surface area (Å²) in [5.74, 6) is -0.461. The maximum Gasteiger partial charge on any atom is 0.401 e. The lowest BCUT2D eigenvalue weighted by Gasteiger charge is -2.29. The molecule has 0 aliphatic carbocycles. The molecule has 2 N–H and O–H groups in total. The normalized spacial score (nSPS) is 19.1. The average molecular weight is 302 g/mol. The second kappa shape index (κ2) is 6.44. The molecule has 0 saturated heterocycles. The van der Waals surface area contributed by atoms with E-state index in [0.29, 0.717) is 18.5 Å². The molecule has 2 rings (SSSR count). The number of fused-ring (bicyclic) bond motifs is 1. The second-order valence-electron chi connectivity index (χ2n) is 5.01. The van der Waals surface area contributed by atoms with E-state index in [0.717, 1.165) is 10.5 Å². The van der Waals surface area contributed by atoms with Crippen LogP contribution in [0.25, 0.3) is 0 Å². The predicted molar refractivity (Wildman–Crippen MR) is 71.9 cm³/mol. The van der Waals surface area contributed by atoms with Crippen molar-refractivity contribution >= 4 is 11.6 Å². The van der Waals surface area contributed by atoms with Gasteiger partial charge in [-0.25, -0.2) is 0 Å². The van der Waals surface area contributed by atoms with E-state index in [1.165, 1.54) is 0 Å². The second-order valence-corrected chi connectivity index (χ2v) is 5.01. The average Bonchev–Trinajstić information content (AvgIpc) is 2.55. The van der Waals surface area contributed by atoms with Gasteiger partial charge in [0.1, 0.15) is 0 Å². The first-order chi connectivity index (χ1) is 9.90. The van der Waals surface area contributed by atoms with Crippen molar-refractivity contribution in [3.63, 3.8) is 0 Å². The minimum atomic E-state index is -4.41. The molecule has 0 fully saturated rings. The van der Waals surface area contributed by atoms with Crippen LogP contribution < -0.4 is 5.32 Å². The van der Waals surface area contributed by atoms with Crippen LogP contribution in [0, 0.1) is 0 Å². The van der Waals surface area contributed by atoms with Crippen molar-refractivity contribution in [3.05, 3.63) is 29.8 Å². The van der Waals surface area contributed by atoms with Crippen molar-refractivity contribution < 1.29 is 23.1 Å². The van der Waals surface area contributed by atoms with E-state index in [-0.39, 0.29) is 6.54 Å². The zero-order chi connectivity index (χ0) is 15.5. The molecular formula is C14H17F3N2O2. The van der Waals surface area contributed by atoms with E-state index in [9.17, 15) is 18.0 Å². The van der Waals surface area contributed by atoms with Crippen molar-refractivity contribution in [2.24, 2.45) is 0 Å². The molecule has 7 heteroatoms. The third kappa shape index (κ3) is 4.18. The van der Waals surface area contributed by atoms with Gasteiger partial charge in [0, 0.05) is 12.2 Å². The van der Waals surface area contributed by atoms with Crippen LogP contribution in [0.15, 0.2) is 24.3 Å². The number of hydrogen-bond donors (Lipinski definition) is 2. The first kappa shape index (κ1) is 15.8. The number of amides is 1. The van der Waals surface area contributed by atoms with E-state index in [2.05, 4.69) is 5.32 Å². The molecular weight excluding hydrogens is 285 g/mol. The highest BCUT2D eigenvalue weighted by Gasteiger charge is 2.37. The van der Waals surface area contributed by atoms with E-state index in [1.807, 2.05) is 12.1 Å². The zero-order valence-corrected chi connectivity index (χ0v) is 11.4. The molecule has 1 unspecified atom stereocenters. The highest BCUT2D eigenvalue weighted by atomic mass is 19.4. The highest BCUT2D eigenvalue weighted by Crippen LogP contribution is 2.25. The zero-order valence-electron chi connectivity index (χ0n) is 11.4. The van der Waals surface area contributed by atoms with Crippen molar-refractivity contribution in [2.45, 2.75) is 25.1 Å². The van der Waals surface area contributed by atoms with Gasteiger partial charge in [0.2, 0.25) is 5.91 Å². The number of rotatable bonds is 4. The molecule has 4 nitrogen and oxygen atoms in total. The monoisotopic (exact) mass is 302 g/mol. The molecule has 0 aromatic heterocycles. The highest BCUT2D eigenvalue weighted by molar-refractivity contribution is 5.96. The molecule has 1 aromatic rings. The van der Waals surface area contributed by atoms with E-state index >= 15 is 0 Å². The number of carbonyl (C=O) groups is 1. The maximum atomic E-state index is 12.6. The summed E-state index contributed by atoms with van der Waals surface area (Å²) in [5.41, 5.74) is 1.55. The van der Waals surface area contributed by atoms with Crippen LogP contribution in [0.1, 0.15) is 12.0 Å². The third-order valence-corrected chi connectivity index (χ3v) is 3.48. The quantitative estimate of drug-likeness (QED) is 0.891. The Bertz CT molecular complexity index is 505. The van der Waals surface area contributed by atoms with Crippen LogP contribution >= 0.6 is 0 Å². The molecule has 1 aromatic carbocycles. The number of para-hydroxylation sites is 1. The Labute approximate surface area is 120 Å². The largest absolute Gasteiger partial charge is 0.401 e. The molecule has 0 bridgehead atoms. The molecule has 1 heterocycles. The number of hydrogen-bond acceptors (Lipinski definition) is 3. The Morgan fingerprint density at radius 1 is 1.33 bits per heavy atom. The number of aliphatic hydroxyl groups excluding tert-OH is 1. The van der Waals surface area contributed by atoms with Crippen molar-refractivity contribution in [1.82, 2.24) is 4.90 Å². The van der Waals surface area contributed by atoms with Crippen LogP contribution in [0.5, 0.6) is 0 Å². The number of nitrogens with zero attached hydrogens (tertiary/aromatic N) is 1. The summed E-state index contributed by atoms with van der Waals surface area (Å²) in [6.45, 7) is -1.82. The Balaban J connectivity index is 2.17. The van der Waals surface area contributed by atoms with E-state index < -0.39 is 31.3 Å². The minimum Gasteiger partial charge on any atom is -0.395 e. The summed E-state index contributed by atoms with van der Waals surface area (Å²) in [6.07, 6.45) is -3.60. The first-order valence-electron chi connectivity index (χ1n) is 6.71. The molecule has 1 aliphatic rings. The van der Waals surface area contributed by atoms with Crippen LogP contribution in [-0.2, 0) is 11.2 Å². The van der Waals surface area contributed by atoms with Crippen molar-refractivity contribution in [2.75, 3.05) is 25.0 Å². The van der Waals surface area contributed by atoms with Crippen molar-refractivity contribution in [3.8, 4) is 0 Å². The number of nitrogens with one attached hydrogen (secondary N) is 1. The van der Waals surface area contributed by atoms with Crippen molar-refractivity contribution in [1.29, 1.82) is 0 Å². The van der Waals surface area contributed by atoms with Gasteiger partial charge < -0.3 is 10.4 Å². The fourth-order valence-corrected chi connectivity index (χ4v) is 2.55. The van der Waals surface area contributed by atoms with Crippen LogP contribution in [0.3, 0.4) is 0 Å². The molecule has 1 atom stereocenters. The van der Waals surface area contributed by atoms with Gasteiger partial charge in [-0.05, 0) is 24.5 Å². The van der Waals surface area contributed by atoms with E-state index in [4.69, 9.17) is 5.11 Å². The number of carbonyl (C=O) groups excluding carboxylic acids is 1. The number of aryl methyl sites for hydroxylation is 1. The van der Waals surface area contributed by atoms with Gasteiger partial charge in [0.15, 0.2) is 0 Å². The Hall–Kier alpha value is -1.60. The van der Waals surface area contributed by atoms with Crippen LogP contribution in [0.2, 0.25) is 0 Å². The fourth-order valence-electron chi connectivity index (χ4n) is 2.55. The molecule has 0 spiro atoms. The third-order valence-electron chi connectivity index (χ3n) is 3.48. The minimum absolute atomic E-state index is 0.187. The SMILES string of the molecule is O=C1Nc2ccccc2CCC1N(CCO)CC(F)(F)F. The lowest BCUT2D eigenvalue weighted by atomic mass is 10.0. The number of anilines is 1. The standard InChI is InChI=1S/C14H17F3N2O2/c15-14(16,17)9-19(7-8-20)12-6-5-10-3-1-2-4-11(10)18-13(12)21/h1-4,12,20H,5-9H2,(H,18,21). The molecule has 116 valence electrons. The summed E-state index contributed by atoms with van der Waals surface area (Å²) < 4.78 is 37.9. The summed E-state index contributed by atoms with van der Waals surface area (Å²) in [5, 5.41) is 11.6. The predicted octanol–water partition coefficient (Wildman–Crippen LogP) is 1.80. The van der Waals surface area contributed by atoms with E-state index in [1.54, 1.807) is 12.1 Å². The van der Waals surface area contributed by atoms with Crippen LogP contribution in [0.4, 0.5) is 18.9 Å². The maximum absolute atomic E-state index is 12.6. The number of aliphatic hydroxyl groups is 1. The Kier molecular flexibility index (Phi) is 4.84. The number of alkyl halides is 3. The summed E-state index contributed by atoms with van der Waals surface area (Å²) in [7, 11) is 0. The van der Waals surface area contributed by atoms with Gasteiger partial charge >= 0.3 is 6.18 Å². The molecule has 0 saturated carbocycles. The van der Waals surface area contributed by atoms with Crippen LogP contribution in [-0.4, -0.2) is 47.8 Å². The van der Waals surface area contributed by atoms with Gasteiger partial charge in [0.05, 0.1) is 19.2 Å². The number of halogens is 3. The Morgan fingerprint density at radius 3 is 2.71 bits per heavy atom. The summed E-state index contributed by atoms with van der Waals surface area (Å²) in [6, 6.07) is 6.27. The lowest BCUT2D eigenvalue weighted by molar-refractivity contribution is -0.155. The topological polar surface area (TPSA) is 52.6 Å². The first-order valence-corrected chi connectivity index (χ1v) is 6.71. The molecule has 1 aliphatic heterocycles. The summed E-state index contributed by atoms with van der Waals surface area (Å²) >= 11 is 0. The number of benzene rings is 1. The summed E-state index contributed by atoms with van der Waals surface area (Å²) in [4.78, 5) is 13.2. The lowest BCUT2D eigenvalue weighted by Crippen LogP contribution is -2.48. The molecule has 1 amide bonds. The Morgan fingerprint density at radius 2 is 2.05 bits per heavy atom. The fraction of sp³-hybridized carbons (Fsp3) is 0.500. The van der Waals surface area contributed by atoms with Gasteiger partial charge in [-0.15, -0.1) is 0 Å². The smallest absolute Gasteiger partial charge is 0.395 e. The van der Waals surface area contributed by atoms with Gasteiger partial charge in [-0.1, -0.05) is 18.2 Å². The van der Waals surface area contributed by atoms with Gasteiger partial charge in [-0.3, -0.25) is 9.69 Å². The molecule has 21 heavy (non-hydrogen) atoms.